The molecule has 9 nitrogen and oxygen atoms in total. The van der Waals surface area contributed by atoms with Crippen molar-refractivity contribution in [3.05, 3.63) is 105 Å². The van der Waals surface area contributed by atoms with E-state index in [1.165, 1.54) is 22.9 Å². The third-order valence-corrected chi connectivity index (χ3v) is 5.61. The number of aromatic nitrogens is 2. The molecule has 0 unspecified atom stereocenters. The van der Waals surface area contributed by atoms with Gasteiger partial charge in [-0.3, -0.25) is 19.7 Å². The molecule has 3 N–H and O–H groups in total. The Labute approximate surface area is 194 Å². The molecule has 2 aromatic carbocycles. The Kier molecular flexibility index (Phi) is 5.92. The van der Waals surface area contributed by atoms with E-state index < -0.39 is 10.8 Å². The fourth-order valence-corrected chi connectivity index (χ4v) is 3.88. The molecule has 34 heavy (non-hydrogen) atoms. The quantitative estimate of drug-likeness (QED) is 0.331. The van der Waals surface area contributed by atoms with Crippen molar-refractivity contribution in [2.24, 2.45) is 12.8 Å². The van der Waals surface area contributed by atoms with Crippen LogP contribution in [-0.2, 0) is 7.05 Å². The summed E-state index contributed by atoms with van der Waals surface area (Å²) in [4.78, 5) is 39.5. The molecule has 0 saturated heterocycles. The van der Waals surface area contributed by atoms with Crippen LogP contribution in [0.2, 0.25) is 0 Å². The van der Waals surface area contributed by atoms with Gasteiger partial charge in [-0.25, -0.2) is 4.98 Å². The van der Waals surface area contributed by atoms with Crippen molar-refractivity contribution >= 4 is 23.1 Å². The van der Waals surface area contributed by atoms with Gasteiger partial charge in [0.25, 0.3) is 11.2 Å². The minimum absolute atomic E-state index is 0.130. The Hall–Kier alpha value is -4.79. The number of nitro groups is 1. The molecule has 170 valence electrons. The summed E-state index contributed by atoms with van der Waals surface area (Å²) >= 11 is 0. The van der Waals surface area contributed by atoms with Crippen LogP contribution in [0, 0.1) is 17.0 Å². The van der Waals surface area contributed by atoms with E-state index in [0.717, 1.165) is 22.3 Å². The molecule has 0 aliphatic carbocycles. The van der Waals surface area contributed by atoms with E-state index in [2.05, 4.69) is 10.3 Å². The highest BCUT2D eigenvalue weighted by Crippen LogP contribution is 2.33. The van der Waals surface area contributed by atoms with Crippen molar-refractivity contribution in [1.29, 1.82) is 0 Å². The number of nitrogens with one attached hydrogen (secondary N) is 1. The number of pyridine rings is 2. The highest BCUT2D eigenvalue weighted by molar-refractivity contribution is 6.00. The number of primary amides is 1. The first-order chi connectivity index (χ1) is 16.3. The summed E-state index contributed by atoms with van der Waals surface area (Å²) in [6.45, 7) is 1.92. The molecule has 0 bridgehead atoms. The first kappa shape index (κ1) is 22.4. The Morgan fingerprint density at radius 1 is 1.03 bits per heavy atom. The maximum Gasteiger partial charge on any atom is 0.274 e. The number of rotatable bonds is 6. The molecule has 0 saturated carbocycles. The van der Waals surface area contributed by atoms with E-state index in [1.54, 1.807) is 31.3 Å². The zero-order chi connectivity index (χ0) is 24.4. The van der Waals surface area contributed by atoms with Crippen LogP contribution in [0.1, 0.15) is 15.9 Å². The fraction of sp³-hybridized carbons (Fsp3) is 0.0800. The lowest BCUT2D eigenvalue weighted by Gasteiger charge is -2.17. The van der Waals surface area contributed by atoms with Crippen LogP contribution in [0.15, 0.2) is 77.7 Å². The van der Waals surface area contributed by atoms with Crippen molar-refractivity contribution in [1.82, 2.24) is 9.55 Å². The minimum Gasteiger partial charge on any atom is -0.366 e. The molecule has 0 atom stereocenters. The smallest absolute Gasteiger partial charge is 0.274 e. The van der Waals surface area contributed by atoms with Gasteiger partial charge in [0.2, 0.25) is 5.91 Å². The number of anilines is 2. The molecule has 0 aliphatic rings. The van der Waals surface area contributed by atoms with Gasteiger partial charge in [-0.05, 0) is 41.8 Å². The number of amides is 1. The molecule has 1 amide bonds. The number of nitrogens with two attached hydrogens (primary N) is 1. The molecule has 2 heterocycles. The molecule has 0 fully saturated rings. The maximum atomic E-state index is 13.1. The van der Waals surface area contributed by atoms with E-state index in [9.17, 15) is 19.7 Å². The van der Waals surface area contributed by atoms with Gasteiger partial charge in [0.15, 0.2) is 0 Å². The van der Waals surface area contributed by atoms with Crippen LogP contribution >= 0.6 is 0 Å². The average molecular weight is 455 g/mol. The number of benzene rings is 2. The van der Waals surface area contributed by atoms with Gasteiger partial charge in [-0.1, -0.05) is 36.4 Å². The van der Waals surface area contributed by atoms with Crippen LogP contribution in [0.4, 0.5) is 17.2 Å². The first-order valence-electron chi connectivity index (χ1n) is 10.3. The summed E-state index contributed by atoms with van der Waals surface area (Å²) in [5.41, 5.74) is 9.67. The standard InChI is InChI=1S/C25H21N5O4/c1-15-17(19-6-3-4-7-20(19)24(26)31)8-5-9-18(15)22-11-10-21(25(32)29(22)2)28-23-14-16(30(33)34)12-13-27-23/h3-14H,1-2H3,(H2,26,31)(H,27,28). The minimum atomic E-state index is -0.528. The SMILES string of the molecule is Cc1c(-c2ccccc2C(N)=O)cccc1-c1ccc(Nc2cc([N+](=O)[O-])ccn2)c(=O)n1C. The zero-order valence-electron chi connectivity index (χ0n) is 18.5. The molecule has 4 rings (SSSR count). The Morgan fingerprint density at radius 3 is 2.47 bits per heavy atom. The van der Waals surface area contributed by atoms with Gasteiger partial charge >= 0.3 is 0 Å². The molecule has 0 radical (unpaired) electrons. The maximum absolute atomic E-state index is 13.1. The van der Waals surface area contributed by atoms with Crippen LogP contribution < -0.4 is 16.6 Å². The second-order valence-electron chi connectivity index (χ2n) is 7.67. The summed E-state index contributed by atoms with van der Waals surface area (Å²) in [6.07, 6.45) is 1.30. The van der Waals surface area contributed by atoms with E-state index in [1.807, 2.05) is 37.3 Å². The normalized spacial score (nSPS) is 10.6. The van der Waals surface area contributed by atoms with Crippen molar-refractivity contribution in [3.63, 3.8) is 0 Å². The van der Waals surface area contributed by atoms with Gasteiger partial charge in [0.1, 0.15) is 11.5 Å². The van der Waals surface area contributed by atoms with Crippen molar-refractivity contribution in [2.75, 3.05) is 5.32 Å². The average Bonchev–Trinajstić information content (AvgIpc) is 2.83. The van der Waals surface area contributed by atoms with E-state index >= 15 is 0 Å². The monoisotopic (exact) mass is 455 g/mol. The molecular weight excluding hydrogens is 434 g/mol. The van der Waals surface area contributed by atoms with Crippen molar-refractivity contribution in [3.8, 4) is 22.4 Å². The van der Waals surface area contributed by atoms with Gasteiger partial charge in [-0.2, -0.15) is 0 Å². The molecule has 2 aromatic heterocycles. The lowest BCUT2D eigenvalue weighted by Crippen LogP contribution is -2.21. The molecular formula is C25H21N5O4. The van der Waals surface area contributed by atoms with Crippen molar-refractivity contribution in [2.45, 2.75) is 6.92 Å². The molecule has 9 heteroatoms. The molecule has 0 spiro atoms. The number of hydrogen-bond acceptors (Lipinski definition) is 6. The molecule has 4 aromatic rings. The summed E-state index contributed by atoms with van der Waals surface area (Å²) in [7, 11) is 1.65. The van der Waals surface area contributed by atoms with E-state index in [-0.39, 0.29) is 22.8 Å². The number of carbonyl (C=O) groups excluding carboxylic acids is 1. The Morgan fingerprint density at radius 2 is 1.74 bits per heavy atom. The van der Waals surface area contributed by atoms with E-state index in [4.69, 9.17) is 5.73 Å². The van der Waals surface area contributed by atoms with Crippen LogP contribution in [0.25, 0.3) is 22.4 Å². The Bertz CT molecular complexity index is 1490. The van der Waals surface area contributed by atoms with Crippen LogP contribution in [-0.4, -0.2) is 20.4 Å². The van der Waals surface area contributed by atoms with Crippen LogP contribution in [0.5, 0.6) is 0 Å². The first-order valence-corrected chi connectivity index (χ1v) is 10.3. The number of nitrogens with zero attached hydrogens (tertiary/aromatic N) is 3. The zero-order valence-corrected chi connectivity index (χ0v) is 18.5. The fourth-order valence-electron chi connectivity index (χ4n) is 3.88. The van der Waals surface area contributed by atoms with Crippen LogP contribution in [0.3, 0.4) is 0 Å². The van der Waals surface area contributed by atoms with Gasteiger partial charge < -0.3 is 15.6 Å². The van der Waals surface area contributed by atoms with Crippen molar-refractivity contribution < 1.29 is 9.72 Å². The summed E-state index contributed by atoms with van der Waals surface area (Å²) in [5.74, 6) is -0.321. The second-order valence-corrected chi connectivity index (χ2v) is 7.67. The largest absolute Gasteiger partial charge is 0.366 e. The predicted molar refractivity (Wildman–Crippen MR) is 130 cm³/mol. The summed E-state index contributed by atoms with van der Waals surface area (Å²) in [5, 5.41) is 13.9. The highest BCUT2D eigenvalue weighted by Gasteiger charge is 2.16. The van der Waals surface area contributed by atoms with Gasteiger partial charge in [0.05, 0.1) is 16.7 Å². The number of carbonyl (C=O) groups is 1. The van der Waals surface area contributed by atoms with E-state index in [0.29, 0.717) is 11.3 Å². The lowest BCUT2D eigenvalue weighted by atomic mass is 9.91. The van der Waals surface area contributed by atoms with Gasteiger partial charge in [-0.15, -0.1) is 0 Å². The summed E-state index contributed by atoms with van der Waals surface area (Å²) < 4.78 is 1.49. The predicted octanol–water partition coefficient (Wildman–Crippen LogP) is 4.17. The number of hydrogen-bond donors (Lipinski definition) is 2. The second kappa shape index (κ2) is 8.99. The third-order valence-electron chi connectivity index (χ3n) is 5.61. The topological polar surface area (TPSA) is 133 Å². The summed E-state index contributed by atoms with van der Waals surface area (Å²) in [6, 6.07) is 18.7. The highest BCUT2D eigenvalue weighted by atomic mass is 16.6. The third kappa shape index (κ3) is 4.14. The van der Waals surface area contributed by atoms with Gasteiger partial charge in [0, 0.05) is 30.4 Å². The molecule has 0 aliphatic heterocycles. The lowest BCUT2D eigenvalue weighted by molar-refractivity contribution is -0.384. The Balaban J connectivity index is 1.76.